The van der Waals surface area contributed by atoms with Crippen LogP contribution in [0.15, 0.2) is 12.5 Å². The molecule has 0 atom stereocenters. The van der Waals surface area contributed by atoms with Crippen molar-refractivity contribution in [3.8, 4) is 0 Å². The van der Waals surface area contributed by atoms with Crippen LogP contribution in [-0.4, -0.2) is 22.0 Å². The molecule has 1 aromatic heterocycles. The lowest BCUT2D eigenvalue weighted by atomic mass is 10.2. The number of aryl methyl sites for hydroxylation is 1. The molecule has 0 fully saturated rings. The SMILES string of the molecule is CC(C)CNC(=O)CCn1cncc1CN. The number of hydrogen-bond acceptors (Lipinski definition) is 3. The van der Waals surface area contributed by atoms with Gasteiger partial charge in [-0.25, -0.2) is 4.98 Å². The summed E-state index contributed by atoms with van der Waals surface area (Å²) in [6, 6.07) is 0. The molecule has 0 aliphatic rings. The van der Waals surface area contributed by atoms with Crippen molar-refractivity contribution in [1.82, 2.24) is 14.9 Å². The summed E-state index contributed by atoms with van der Waals surface area (Å²) in [5, 5.41) is 2.88. The number of imidazole rings is 1. The van der Waals surface area contributed by atoms with E-state index >= 15 is 0 Å². The first-order chi connectivity index (χ1) is 7.63. The van der Waals surface area contributed by atoms with Gasteiger partial charge in [-0.1, -0.05) is 13.8 Å². The average Bonchev–Trinajstić information content (AvgIpc) is 2.70. The summed E-state index contributed by atoms with van der Waals surface area (Å²) in [6.07, 6.45) is 3.90. The van der Waals surface area contributed by atoms with Gasteiger partial charge in [-0.05, 0) is 5.92 Å². The normalized spacial score (nSPS) is 10.8. The van der Waals surface area contributed by atoms with Gasteiger partial charge in [0.05, 0.1) is 12.0 Å². The third-order valence-electron chi connectivity index (χ3n) is 2.29. The van der Waals surface area contributed by atoms with Gasteiger partial charge in [0.2, 0.25) is 5.91 Å². The van der Waals surface area contributed by atoms with E-state index < -0.39 is 0 Å². The fourth-order valence-corrected chi connectivity index (χ4v) is 1.35. The Kier molecular flexibility index (Phi) is 4.98. The molecule has 0 aliphatic heterocycles. The first-order valence-corrected chi connectivity index (χ1v) is 5.59. The topological polar surface area (TPSA) is 72.9 Å². The lowest BCUT2D eigenvalue weighted by Gasteiger charge is -2.09. The van der Waals surface area contributed by atoms with Crippen molar-refractivity contribution in [2.24, 2.45) is 11.7 Å². The van der Waals surface area contributed by atoms with Crippen molar-refractivity contribution in [3.63, 3.8) is 0 Å². The second-order valence-electron chi connectivity index (χ2n) is 4.23. The molecule has 1 rings (SSSR count). The van der Waals surface area contributed by atoms with Crippen molar-refractivity contribution in [2.45, 2.75) is 33.4 Å². The van der Waals surface area contributed by atoms with Crippen LogP contribution in [0.3, 0.4) is 0 Å². The Morgan fingerprint density at radius 3 is 3.00 bits per heavy atom. The number of hydrogen-bond donors (Lipinski definition) is 2. The van der Waals surface area contributed by atoms with E-state index in [0.29, 0.717) is 25.4 Å². The molecule has 5 nitrogen and oxygen atoms in total. The summed E-state index contributed by atoms with van der Waals surface area (Å²) in [7, 11) is 0. The second-order valence-corrected chi connectivity index (χ2v) is 4.23. The Morgan fingerprint density at radius 1 is 1.62 bits per heavy atom. The highest BCUT2D eigenvalue weighted by Crippen LogP contribution is 1.99. The van der Waals surface area contributed by atoms with Gasteiger partial charge in [0, 0.05) is 32.3 Å². The van der Waals surface area contributed by atoms with E-state index in [-0.39, 0.29) is 5.91 Å². The fraction of sp³-hybridized carbons (Fsp3) is 0.636. The van der Waals surface area contributed by atoms with Gasteiger partial charge in [-0.15, -0.1) is 0 Å². The van der Waals surface area contributed by atoms with Crippen molar-refractivity contribution in [2.75, 3.05) is 6.54 Å². The van der Waals surface area contributed by atoms with Crippen LogP contribution >= 0.6 is 0 Å². The van der Waals surface area contributed by atoms with Crippen LogP contribution in [-0.2, 0) is 17.9 Å². The first-order valence-electron chi connectivity index (χ1n) is 5.59. The van der Waals surface area contributed by atoms with Crippen molar-refractivity contribution < 1.29 is 4.79 Å². The first kappa shape index (κ1) is 12.7. The van der Waals surface area contributed by atoms with Gasteiger partial charge < -0.3 is 15.6 Å². The number of carbonyl (C=O) groups is 1. The van der Waals surface area contributed by atoms with Crippen LogP contribution < -0.4 is 11.1 Å². The van der Waals surface area contributed by atoms with E-state index in [1.807, 2.05) is 4.57 Å². The minimum atomic E-state index is 0.0744. The van der Waals surface area contributed by atoms with Gasteiger partial charge >= 0.3 is 0 Å². The molecule has 5 heteroatoms. The number of rotatable bonds is 6. The number of nitrogens with zero attached hydrogens (tertiary/aromatic N) is 2. The molecule has 1 aromatic rings. The van der Waals surface area contributed by atoms with Crippen molar-refractivity contribution in [3.05, 3.63) is 18.2 Å². The third kappa shape index (κ3) is 4.02. The predicted molar refractivity (Wildman–Crippen MR) is 62.6 cm³/mol. The zero-order valence-electron chi connectivity index (χ0n) is 9.94. The molecular weight excluding hydrogens is 204 g/mol. The van der Waals surface area contributed by atoms with Gasteiger partial charge in [-0.3, -0.25) is 4.79 Å². The van der Waals surface area contributed by atoms with E-state index in [9.17, 15) is 4.79 Å². The lowest BCUT2D eigenvalue weighted by molar-refractivity contribution is -0.121. The van der Waals surface area contributed by atoms with Crippen LogP contribution in [0.5, 0.6) is 0 Å². The summed E-state index contributed by atoms with van der Waals surface area (Å²) in [5.74, 6) is 0.558. The van der Waals surface area contributed by atoms with E-state index in [2.05, 4.69) is 24.1 Å². The number of aromatic nitrogens is 2. The van der Waals surface area contributed by atoms with Crippen molar-refractivity contribution in [1.29, 1.82) is 0 Å². The molecule has 0 unspecified atom stereocenters. The maximum atomic E-state index is 11.5. The van der Waals surface area contributed by atoms with Crippen LogP contribution in [0.2, 0.25) is 0 Å². The summed E-state index contributed by atoms with van der Waals surface area (Å²) in [6.45, 7) is 5.96. The van der Waals surface area contributed by atoms with Gasteiger partial charge in [0.15, 0.2) is 0 Å². The minimum Gasteiger partial charge on any atom is -0.356 e. The molecule has 16 heavy (non-hydrogen) atoms. The zero-order chi connectivity index (χ0) is 12.0. The van der Waals surface area contributed by atoms with E-state index in [0.717, 1.165) is 12.2 Å². The number of amides is 1. The quantitative estimate of drug-likeness (QED) is 0.739. The molecule has 0 spiro atoms. The largest absolute Gasteiger partial charge is 0.356 e. The Morgan fingerprint density at radius 2 is 2.38 bits per heavy atom. The highest BCUT2D eigenvalue weighted by Gasteiger charge is 2.04. The monoisotopic (exact) mass is 224 g/mol. The fourth-order valence-electron chi connectivity index (χ4n) is 1.35. The smallest absolute Gasteiger partial charge is 0.221 e. The van der Waals surface area contributed by atoms with E-state index in [1.54, 1.807) is 12.5 Å². The van der Waals surface area contributed by atoms with Crippen LogP contribution in [0.4, 0.5) is 0 Å². The number of nitrogens with two attached hydrogens (primary N) is 1. The van der Waals surface area contributed by atoms with Crippen molar-refractivity contribution >= 4 is 5.91 Å². The van der Waals surface area contributed by atoms with Crippen LogP contribution in [0, 0.1) is 5.92 Å². The summed E-state index contributed by atoms with van der Waals surface area (Å²) in [4.78, 5) is 15.5. The number of nitrogens with one attached hydrogen (secondary N) is 1. The molecule has 3 N–H and O–H groups in total. The predicted octanol–water partition coefficient (Wildman–Crippen LogP) is 0.504. The molecule has 1 heterocycles. The summed E-state index contributed by atoms with van der Waals surface area (Å²) < 4.78 is 1.91. The van der Waals surface area contributed by atoms with Gasteiger partial charge in [-0.2, -0.15) is 0 Å². The molecule has 0 saturated heterocycles. The highest BCUT2D eigenvalue weighted by atomic mass is 16.1. The third-order valence-corrected chi connectivity index (χ3v) is 2.29. The average molecular weight is 224 g/mol. The minimum absolute atomic E-state index is 0.0744. The highest BCUT2D eigenvalue weighted by molar-refractivity contribution is 5.75. The molecule has 0 bridgehead atoms. The van der Waals surface area contributed by atoms with E-state index in [4.69, 9.17) is 5.73 Å². The Balaban J connectivity index is 2.31. The second kappa shape index (κ2) is 6.27. The molecule has 0 aromatic carbocycles. The molecule has 0 radical (unpaired) electrons. The standard InChI is InChI=1S/C11H20N4O/c1-9(2)6-14-11(16)3-4-15-8-13-7-10(15)5-12/h7-9H,3-6,12H2,1-2H3,(H,14,16). The molecule has 1 amide bonds. The Hall–Kier alpha value is -1.36. The summed E-state index contributed by atoms with van der Waals surface area (Å²) >= 11 is 0. The van der Waals surface area contributed by atoms with Gasteiger partial charge in [0.1, 0.15) is 0 Å². The summed E-state index contributed by atoms with van der Waals surface area (Å²) in [5.41, 5.74) is 6.49. The molecule has 0 saturated carbocycles. The Labute approximate surface area is 96.0 Å². The van der Waals surface area contributed by atoms with Crippen LogP contribution in [0.25, 0.3) is 0 Å². The Bertz CT molecular complexity index is 332. The van der Waals surface area contributed by atoms with Gasteiger partial charge in [0.25, 0.3) is 0 Å². The number of carbonyl (C=O) groups excluding carboxylic acids is 1. The zero-order valence-corrected chi connectivity index (χ0v) is 9.94. The van der Waals surface area contributed by atoms with Crippen LogP contribution in [0.1, 0.15) is 26.0 Å². The molecule has 0 aliphatic carbocycles. The maximum absolute atomic E-state index is 11.5. The van der Waals surface area contributed by atoms with E-state index in [1.165, 1.54) is 0 Å². The molecule has 90 valence electrons. The lowest BCUT2D eigenvalue weighted by Crippen LogP contribution is -2.28. The maximum Gasteiger partial charge on any atom is 0.221 e. The molecular formula is C11H20N4O.